The molecule has 0 atom stereocenters. The van der Waals surface area contributed by atoms with Crippen LogP contribution in [-0.4, -0.2) is 33.9 Å². The van der Waals surface area contributed by atoms with Crippen molar-refractivity contribution in [1.29, 1.82) is 0 Å². The first-order valence-corrected chi connectivity index (χ1v) is 9.75. The van der Waals surface area contributed by atoms with Crippen LogP contribution in [0.5, 0.6) is 0 Å². The van der Waals surface area contributed by atoms with Gasteiger partial charge in [0, 0.05) is 31.2 Å². The van der Waals surface area contributed by atoms with Gasteiger partial charge in [-0.1, -0.05) is 48.5 Å². The molecule has 1 fully saturated rings. The average molecular weight is 372 g/mol. The molecule has 0 saturated carbocycles. The lowest BCUT2D eigenvalue weighted by atomic mass is 9.90. The van der Waals surface area contributed by atoms with Crippen molar-refractivity contribution in [2.24, 2.45) is 5.92 Å². The third-order valence-electron chi connectivity index (χ3n) is 5.20. The first-order chi connectivity index (χ1) is 13.8. The van der Waals surface area contributed by atoms with Gasteiger partial charge in [-0.3, -0.25) is 4.79 Å². The van der Waals surface area contributed by atoms with Crippen molar-refractivity contribution in [3.8, 4) is 0 Å². The Morgan fingerprint density at radius 2 is 1.54 bits per heavy atom. The highest BCUT2D eigenvalue weighted by molar-refractivity contribution is 5.93. The van der Waals surface area contributed by atoms with Gasteiger partial charge in [0.25, 0.3) is 5.91 Å². The van der Waals surface area contributed by atoms with Gasteiger partial charge in [-0.05, 0) is 42.9 Å². The molecule has 0 unspecified atom stereocenters. The average Bonchev–Trinajstić information content (AvgIpc) is 2.76. The van der Waals surface area contributed by atoms with Gasteiger partial charge in [0.05, 0.1) is 5.56 Å². The topological polar surface area (TPSA) is 58.1 Å². The molecule has 3 aromatic rings. The molecule has 1 aliphatic rings. The van der Waals surface area contributed by atoms with Gasteiger partial charge in [0.1, 0.15) is 0 Å². The number of amides is 1. The Balaban J connectivity index is 1.31. The van der Waals surface area contributed by atoms with Crippen molar-refractivity contribution in [3.63, 3.8) is 0 Å². The molecule has 1 amide bonds. The Kier molecular flexibility index (Phi) is 5.61. The molecule has 2 aromatic carbocycles. The highest BCUT2D eigenvalue weighted by atomic mass is 16.2. The van der Waals surface area contributed by atoms with E-state index in [2.05, 4.69) is 39.6 Å². The minimum Gasteiger partial charge on any atom is -0.339 e. The van der Waals surface area contributed by atoms with Gasteiger partial charge >= 0.3 is 0 Å². The summed E-state index contributed by atoms with van der Waals surface area (Å²) in [7, 11) is 0. The predicted molar refractivity (Wildman–Crippen MR) is 111 cm³/mol. The van der Waals surface area contributed by atoms with Gasteiger partial charge in [0.2, 0.25) is 5.95 Å². The van der Waals surface area contributed by atoms with E-state index in [-0.39, 0.29) is 5.91 Å². The largest absolute Gasteiger partial charge is 0.339 e. The number of likely N-dealkylation sites (tertiary alicyclic amines) is 1. The molecule has 0 aliphatic carbocycles. The third kappa shape index (κ3) is 4.55. The summed E-state index contributed by atoms with van der Waals surface area (Å²) in [5, 5.41) is 3.13. The number of aromatic nitrogens is 2. The van der Waals surface area contributed by atoms with E-state index in [1.165, 1.54) is 5.56 Å². The Morgan fingerprint density at radius 1 is 0.929 bits per heavy atom. The monoisotopic (exact) mass is 372 g/mol. The molecule has 0 radical (unpaired) electrons. The number of carbonyl (C=O) groups is 1. The molecular weight excluding hydrogens is 348 g/mol. The van der Waals surface area contributed by atoms with E-state index < -0.39 is 0 Å². The maximum Gasteiger partial charge on any atom is 0.256 e. The van der Waals surface area contributed by atoms with Gasteiger partial charge in [-0.2, -0.15) is 0 Å². The molecule has 5 heteroatoms. The van der Waals surface area contributed by atoms with Crippen LogP contribution in [0.3, 0.4) is 0 Å². The fourth-order valence-electron chi connectivity index (χ4n) is 3.62. The van der Waals surface area contributed by atoms with E-state index >= 15 is 0 Å². The van der Waals surface area contributed by atoms with Crippen LogP contribution in [0.1, 0.15) is 28.8 Å². The Labute approximate surface area is 165 Å². The van der Waals surface area contributed by atoms with Crippen molar-refractivity contribution < 1.29 is 4.79 Å². The van der Waals surface area contributed by atoms with Crippen LogP contribution in [0, 0.1) is 5.92 Å². The first-order valence-electron chi connectivity index (χ1n) is 9.75. The minimum absolute atomic E-state index is 0.0180. The summed E-state index contributed by atoms with van der Waals surface area (Å²) >= 11 is 0. The number of benzene rings is 2. The van der Waals surface area contributed by atoms with E-state index in [1.54, 1.807) is 12.4 Å². The zero-order valence-corrected chi connectivity index (χ0v) is 15.8. The van der Waals surface area contributed by atoms with Crippen molar-refractivity contribution in [3.05, 3.63) is 84.2 Å². The molecule has 1 saturated heterocycles. The van der Waals surface area contributed by atoms with Crippen molar-refractivity contribution in [2.45, 2.75) is 19.3 Å². The zero-order valence-electron chi connectivity index (χ0n) is 15.8. The Bertz CT molecular complexity index is 889. The van der Waals surface area contributed by atoms with Crippen LogP contribution in [0.25, 0.3) is 0 Å². The summed E-state index contributed by atoms with van der Waals surface area (Å²) < 4.78 is 0. The van der Waals surface area contributed by atoms with Crippen LogP contribution in [0.4, 0.5) is 11.6 Å². The van der Waals surface area contributed by atoms with Crippen LogP contribution in [-0.2, 0) is 6.42 Å². The third-order valence-corrected chi connectivity index (χ3v) is 5.20. The highest BCUT2D eigenvalue weighted by Gasteiger charge is 2.24. The predicted octanol–water partition coefficient (Wildman–Crippen LogP) is 4.32. The van der Waals surface area contributed by atoms with Gasteiger partial charge < -0.3 is 10.2 Å². The van der Waals surface area contributed by atoms with Crippen molar-refractivity contribution in [2.75, 3.05) is 18.4 Å². The molecule has 2 heterocycles. The Hall–Kier alpha value is -3.21. The van der Waals surface area contributed by atoms with E-state index in [9.17, 15) is 4.79 Å². The smallest absolute Gasteiger partial charge is 0.256 e. The molecule has 4 rings (SSSR count). The highest BCUT2D eigenvalue weighted by Crippen LogP contribution is 2.23. The lowest BCUT2D eigenvalue weighted by molar-refractivity contribution is 0.0689. The SMILES string of the molecule is O=C(c1cnc(Nc2ccccc2)nc1)N1CCC(Cc2ccccc2)CC1. The number of hydrogen-bond donors (Lipinski definition) is 1. The second-order valence-corrected chi connectivity index (χ2v) is 7.21. The van der Waals surface area contributed by atoms with Crippen LogP contribution in [0.15, 0.2) is 73.1 Å². The number of carbonyl (C=O) groups excluding carboxylic acids is 1. The van der Waals surface area contributed by atoms with Gasteiger partial charge in [-0.15, -0.1) is 0 Å². The molecule has 142 valence electrons. The molecule has 1 aromatic heterocycles. The van der Waals surface area contributed by atoms with Crippen LogP contribution < -0.4 is 5.32 Å². The van der Waals surface area contributed by atoms with Crippen molar-refractivity contribution >= 4 is 17.5 Å². The fraction of sp³-hybridized carbons (Fsp3) is 0.261. The number of anilines is 2. The first kappa shape index (κ1) is 18.2. The van der Waals surface area contributed by atoms with Crippen LogP contribution >= 0.6 is 0 Å². The van der Waals surface area contributed by atoms with Crippen molar-refractivity contribution in [1.82, 2.24) is 14.9 Å². The van der Waals surface area contributed by atoms with E-state index in [4.69, 9.17) is 0 Å². The molecule has 5 nitrogen and oxygen atoms in total. The number of piperidine rings is 1. The van der Waals surface area contributed by atoms with Gasteiger partial charge in [0.15, 0.2) is 0 Å². The summed E-state index contributed by atoms with van der Waals surface area (Å²) in [5.41, 5.74) is 2.84. The number of nitrogens with one attached hydrogen (secondary N) is 1. The number of para-hydroxylation sites is 1. The lowest BCUT2D eigenvalue weighted by Crippen LogP contribution is -2.39. The summed E-state index contributed by atoms with van der Waals surface area (Å²) in [6.07, 6.45) is 6.38. The van der Waals surface area contributed by atoms with E-state index in [0.29, 0.717) is 17.4 Å². The normalized spacial score (nSPS) is 14.6. The molecule has 1 N–H and O–H groups in total. The Morgan fingerprint density at radius 3 is 2.18 bits per heavy atom. The molecule has 0 spiro atoms. The summed E-state index contributed by atoms with van der Waals surface area (Å²) in [5.74, 6) is 1.15. The van der Waals surface area contributed by atoms with E-state index in [0.717, 1.165) is 38.0 Å². The lowest BCUT2D eigenvalue weighted by Gasteiger charge is -2.32. The second-order valence-electron chi connectivity index (χ2n) is 7.21. The standard InChI is InChI=1S/C23H24N4O/c28-22(20-16-24-23(25-17-20)26-21-9-5-2-6-10-21)27-13-11-19(12-14-27)15-18-7-3-1-4-8-18/h1-10,16-17,19H,11-15H2,(H,24,25,26). The van der Waals surface area contributed by atoms with E-state index in [1.807, 2.05) is 41.3 Å². The maximum atomic E-state index is 12.8. The summed E-state index contributed by atoms with van der Waals surface area (Å²) in [6, 6.07) is 20.3. The zero-order chi connectivity index (χ0) is 19.2. The number of rotatable bonds is 5. The van der Waals surface area contributed by atoms with Gasteiger partial charge in [-0.25, -0.2) is 9.97 Å². The second kappa shape index (κ2) is 8.65. The molecule has 28 heavy (non-hydrogen) atoms. The minimum atomic E-state index is 0.0180. The summed E-state index contributed by atoms with van der Waals surface area (Å²) in [6.45, 7) is 1.58. The summed E-state index contributed by atoms with van der Waals surface area (Å²) in [4.78, 5) is 23.3. The van der Waals surface area contributed by atoms with Crippen LogP contribution in [0.2, 0.25) is 0 Å². The quantitative estimate of drug-likeness (QED) is 0.725. The molecular formula is C23H24N4O. The number of nitrogens with zero attached hydrogens (tertiary/aromatic N) is 3. The fourth-order valence-corrected chi connectivity index (χ4v) is 3.62. The number of hydrogen-bond acceptors (Lipinski definition) is 4. The molecule has 1 aliphatic heterocycles. The molecule has 0 bridgehead atoms. The maximum absolute atomic E-state index is 12.8.